The van der Waals surface area contributed by atoms with Crippen molar-refractivity contribution in [1.82, 2.24) is 9.66 Å². The molecule has 0 saturated carbocycles. The Morgan fingerprint density at radius 1 is 1.17 bits per heavy atom. The molecule has 0 aliphatic rings. The van der Waals surface area contributed by atoms with Gasteiger partial charge in [-0.05, 0) is 72.1 Å². The molecule has 0 fully saturated rings. The normalized spacial score (nSPS) is 12.1. The van der Waals surface area contributed by atoms with Crippen molar-refractivity contribution in [1.29, 1.82) is 0 Å². The number of ether oxygens (including phenoxy) is 2. The van der Waals surface area contributed by atoms with Gasteiger partial charge in [-0.15, -0.1) is 0 Å². The summed E-state index contributed by atoms with van der Waals surface area (Å²) < 4.78 is 14.2. The van der Waals surface area contributed by atoms with E-state index >= 15 is 0 Å². The summed E-state index contributed by atoms with van der Waals surface area (Å²) in [6.07, 6.45) is 2.30. The van der Waals surface area contributed by atoms with Crippen molar-refractivity contribution in [2.75, 3.05) is 18.5 Å². The molecule has 4 aromatic rings. The van der Waals surface area contributed by atoms with Gasteiger partial charge in [0.1, 0.15) is 10.8 Å². The molecule has 1 heterocycles. The average molecular weight is 705 g/mol. The van der Waals surface area contributed by atoms with Crippen molar-refractivity contribution in [3.05, 3.63) is 89.8 Å². The zero-order valence-electron chi connectivity index (χ0n) is 23.0. The van der Waals surface area contributed by atoms with E-state index in [1.807, 2.05) is 64.1 Å². The molecule has 0 saturated heterocycles. The van der Waals surface area contributed by atoms with Gasteiger partial charge in [0.05, 0.1) is 23.7 Å². The van der Waals surface area contributed by atoms with Gasteiger partial charge in [-0.25, -0.2) is 4.98 Å². The van der Waals surface area contributed by atoms with E-state index in [0.29, 0.717) is 44.8 Å². The number of nitrogens with one attached hydrogen (secondary N) is 1. The van der Waals surface area contributed by atoms with Crippen LogP contribution in [0.2, 0.25) is 5.02 Å². The van der Waals surface area contributed by atoms with Crippen molar-refractivity contribution < 1.29 is 14.3 Å². The smallest absolute Gasteiger partial charge is 0.282 e. The number of para-hydroxylation sites is 1. The molecular weight excluding hydrogens is 676 g/mol. The molecule has 4 rings (SSSR count). The lowest BCUT2D eigenvalue weighted by atomic mass is 10.1. The number of aromatic nitrogens is 2. The van der Waals surface area contributed by atoms with Gasteiger partial charge in [0.15, 0.2) is 18.1 Å². The number of rotatable bonds is 10. The molecule has 8 nitrogen and oxygen atoms in total. The van der Waals surface area contributed by atoms with E-state index in [-0.39, 0.29) is 34.8 Å². The molecule has 0 unspecified atom stereocenters. The molecule has 1 aromatic heterocycles. The van der Waals surface area contributed by atoms with E-state index in [0.717, 1.165) is 16.5 Å². The van der Waals surface area contributed by atoms with Crippen molar-refractivity contribution in [3.63, 3.8) is 0 Å². The molecule has 0 radical (unpaired) electrons. The Balaban J connectivity index is 1.68. The third-order valence-electron chi connectivity index (χ3n) is 6.42. The molecule has 1 atom stereocenters. The van der Waals surface area contributed by atoms with Gasteiger partial charge < -0.3 is 14.8 Å². The number of hydrogen-bond donors (Lipinski definition) is 1. The van der Waals surface area contributed by atoms with Gasteiger partial charge in [0.25, 0.3) is 11.5 Å². The van der Waals surface area contributed by atoms with Crippen LogP contribution in [0.25, 0.3) is 10.9 Å². The number of nitrogens with zero attached hydrogens (tertiary/aromatic N) is 3. The van der Waals surface area contributed by atoms with Gasteiger partial charge in [-0.3, -0.25) is 9.59 Å². The zero-order valence-corrected chi connectivity index (χ0v) is 26.9. The van der Waals surface area contributed by atoms with Crippen LogP contribution in [0.1, 0.15) is 50.1 Å². The summed E-state index contributed by atoms with van der Waals surface area (Å²) >= 11 is 13.6. The largest absolute Gasteiger partial charge is 0.490 e. The molecule has 1 amide bonds. The predicted octanol–water partition coefficient (Wildman–Crippen LogP) is 7.70. The molecule has 0 bridgehead atoms. The molecule has 0 aliphatic carbocycles. The molecule has 0 aliphatic heterocycles. The highest BCUT2D eigenvalue weighted by molar-refractivity contribution is 9.10. The van der Waals surface area contributed by atoms with Crippen molar-refractivity contribution in [3.8, 4) is 11.5 Å². The molecule has 1 N–H and O–H groups in total. The van der Waals surface area contributed by atoms with E-state index < -0.39 is 0 Å². The quantitative estimate of drug-likeness (QED) is 0.171. The van der Waals surface area contributed by atoms with E-state index in [1.165, 1.54) is 10.9 Å². The summed E-state index contributed by atoms with van der Waals surface area (Å²) in [6, 6.07) is 14.6. The summed E-state index contributed by atoms with van der Waals surface area (Å²) in [5.41, 5.74) is 2.51. The van der Waals surface area contributed by atoms with Crippen LogP contribution in [0, 0.1) is 6.92 Å². The topological polar surface area (TPSA) is 94.8 Å². The Morgan fingerprint density at radius 3 is 2.63 bits per heavy atom. The molecule has 0 spiro atoms. The number of fused-ring (bicyclic) bond motifs is 1. The second kappa shape index (κ2) is 13.6. The van der Waals surface area contributed by atoms with Crippen LogP contribution in [0.5, 0.6) is 11.5 Å². The predicted molar refractivity (Wildman–Crippen MR) is 171 cm³/mol. The minimum Gasteiger partial charge on any atom is -0.490 e. The Labute approximate surface area is 260 Å². The number of hydrogen-bond acceptors (Lipinski definition) is 6. The van der Waals surface area contributed by atoms with Gasteiger partial charge >= 0.3 is 0 Å². The third-order valence-corrected chi connectivity index (χ3v) is 8.36. The Bertz CT molecular complexity index is 1690. The van der Waals surface area contributed by atoms with Gasteiger partial charge in [0.2, 0.25) is 0 Å². The molecule has 214 valence electrons. The number of benzene rings is 3. The number of anilines is 1. The fraction of sp³-hybridized carbons (Fsp3) is 0.267. The monoisotopic (exact) mass is 702 g/mol. The Hall–Kier alpha value is -3.21. The molecule has 41 heavy (non-hydrogen) atoms. The van der Waals surface area contributed by atoms with Crippen molar-refractivity contribution >= 4 is 72.2 Å². The third kappa shape index (κ3) is 6.99. The summed E-state index contributed by atoms with van der Waals surface area (Å²) in [4.78, 5) is 30.8. The van der Waals surface area contributed by atoms with Gasteiger partial charge in [-0.1, -0.05) is 59.6 Å². The lowest BCUT2D eigenvalue weighted by molar-refractivity contribution is -0.118. The number of aryl methyl sites for hydroxylation is 1. The minimum absolute atomic E-state index is 0.0134. The maximum atomic E-state index is 13.5. The first-order valence-corrected chi connectivity index (χ1v) is 15.0. The van der Waals surface area contributed by atoms with Crippen molar-refractivity contribution in [2.45, 2.75) is 40.0 Å². The first kappa shape index (κ1) is 30.7. The standard InChI is InChI=1S/C30H29Br2ClN4O4/c1-5-17(3)29-36-23-12-11-20(31)14-21(23)30(39)37(29)34-15-19-13-24(40-6-2)28(27(33)26(19)32)41-16-25(38)35-22-10-8-7-9-18(22)4/h7-15,17H,5-6,16H2,1-4H3,(H,35,38)/t17-/m1/s1. The highest BCUT2D eigenvalue weighted by atomic mass is 79.9. The van der Waals surface area contributed by atoms with E-state index in [2.05, 4.69) is 42.3 Å². The Kier molecular flexibility index (Phi) is 10.2. The van der Waals surface area contributed by atoms with Crippen molar-refractivity contribution in [2.24, 2.45) is 5.10 Å². The van der Waals surface area contributed by atoms with Crippen LogP contribution >= 0.6 is 43.5 Å². The first-order valence-electron chi connectivity index (χ1n) is 13.0. The molecule has 3 aromatic carbocycles. The minimum atomic E-state index is -0.341. The highest BCUT2D eigenvalue weighted by Crippen LogP contribution is 2.42. The first-order chi connectivity index (χ1) is 19.6. The maximum Gasteiger partial charge on any atom is 0.282 e. The van der Waals surface area contributed by atoms with Gasteiger partial charge in [0, 0.05) is 26.1 Å². The van der Waals surface area contributed by atoms with Crippen LogP contribution in [-0.4, -0.2) is 35.0 Å². The number of carbonyl (C=O) groups is 1. The number of halogens is 3. The molecular formula is C30H29Br2ClN4O4. The summed E-state index contributed by atoms with van der Waals surface area (Å²) in [7, 11) is 0. The van der Waals surface area contributed by atoms with Crippen LogP contribution in [0.15, 0.2) is 67.4 Å². The highest BCUT2D eigenvalue weighted by Gasteiger charge is 2.20. The van der Waals surface area contributed by atoms with E-state index in [4.69, 9.17) is 26.1 Å². The van der Waals surface area contributed by atoms with Crippen LogP contribution in [-0.2, 0) is 4.79 Å². The van der Waals surface area contributed by atoms with Crippen LogP contribution in [0.4, 0.5) is 5.69 Å². The number of carbonyl (C=O) groups excluding carboxylic acids is 1. The van der Waals surface area contributed by atoms with Crippen LogP contribution < -0.4 is 20.3 Å². The van der Waals surface area contributed by atoms with Crippen LogP contribution in [0.3, 0.4) is 0 Å². The SMILES string of the molecule is CCOc1cc(C=Nn2c([C@H](C)CC)nc3ccc(Br)cc3c2=O)c(Br)c(Cl)c1OCC(=O)Nc1ccccc1C. The van der Waals surface area contributed by atoms with E-state index in [1.54, 1.807) is 12.1 Å². The average Bonchev–Trinajstić information content (AvgIpc) is 2.95. The summed E-state index contributed by atoms with van der Waals surface area (Å²) in [6.45, 7) is 7.82. The summed E-state index contributed by atoms with van der Waals surface area (Å²) in [5, 5.41) is 8.03. The Morgan fingerprint density at radius 2 is 1.93 bits per heavy atom. The zero-order chi connectivity index (χ0) is 29.7. The lowest BCUT2D eigenvalue weighted by Crippen LogP contribution is -2.23. The maximum absolute atomic E-state index is 13.5. The fourth-order valence-electron chi connectivity index (χ4n) is 4.03. The van der Waals surface area contributed by atoms with Gasteiger partial charge in [-0.2, -0.15) is 9.78 Å². The second-order valence-corrected chi connectivity index (χ2v) is 11.4. The lowest BCUT2D eigenvalue weighted by Gasteiger charge is -2.17. The summed E-state index contributed by atoms with van der Waals surface area (Å²) in [5.74, 6) is 0.746. The fourth-order valence-corrected chi connectivity index (χ4v) is 5.05. The number of amides is 1. The van der Waals surface area contributed by atoms with E-state index in [9.17, 15) is 9.59 Å². The second-order valence-electron chi connectivity index (χ2n) is 9.31. The molecule has 11 heteroatoms.